The Labute approximate surface area is 280 Å². The molecule has 7 N–H and O–H groups in total. The highest BCUT2D eigenvalue weighted by Gasteiger charge is 2.26. The highest BCUT2D eigenvalue weighted by atomic mass is 35.5. The molecule has 0 aromatic heterocycles. The lowest BCUT2D eigenvalue weighted by Crippen LogP contribution is -2.39. The number of halogens is 2. The number of carboxylic acid groups (broad SMARTS) is 1. The number of Topliss-reactive ketones (excluding diaryl/α,β-unsaturated/α-hetero) is 1. The zero-order valence-corrected chi connectivity index (χ0v) is 27.5. The summed E-state index contributed by atoms with van der Waals surface area (Å²) in [6, 6.07) is 6.60. The predicted molar refractivity (Wildman–Crippen MR) is 179 cm³/mol. The number of benzene rings is 2. The van der Waals surface area contributed by atoms with Gasteiger partial charge in [-0.25, -0.2) is 15.5 Å². The van der Waals surface area contributed by atoms with Crippen LogP contribution < -0.4 is 16.6 Å². The molecule has 0 saturated heterocycles. The number of carbonyl (C=O) groups is 4. The Morgan fingerprint density at radius 3 is 1.50 bits per heavy atom. The van der Waals surface area contributed by atoms with Gasteiger partial charge in [0.05, 0.1) is 53.8 Å². The number of aliphatic carboxylic acids is 1. The number of ketones is 1. The topological polar surface area (TPSA) is 188 Å². The molecule has 0 aliphatic rings. The summed E-state index contributed by atoms with van der Waals surface area (Å²) in [5.74, 6) is 1.21. The molecular formula is C32H43Cl2N5O7. The number of nitrogens with two attached hydrogens (primary N) is 1. The van der Waals surface area contributed by atoms with Crippen LogP contribution in [0.3, 0.4) is 0 Å². The van der Waals surface area contributed by atoms with Crippen molar-refractivity contribution in [2.24, 2.45) is 17.7 Å². The van der Waals surface area contributed by atoms with E-state index in [1.165, 1.54) is 27.7 Å². The van der Waals surface area contributed by atoms with Gasteiger partial charge in [0, 0.05) is 6.92 Å². The Kier molecular flexibility index (Phi) is 20.8. The van der Waals surface area contributed by atoms with Crippen LogP contribution in [-0.4, -0.2) is 57.6 Å². The first-order valence-corrected chi connectivity index (χ1v) is 14.3. The zero-order chi connectivity index (χ0) is 35.0. The summed E-state index contributed by atoms with van der Waals surface area (Å²) in [6.45, 7) is 23.1. The van der Waals surface area contributed by atoms with Gasteiger partial charge in [0.2, 0.25) is 23.2 Å². The van der Waals surface area contributed by atoms with E-state index in [1.54, 1.807) is 38.1 Å². The average Bonchev–Trinajstić information content (AvgIpc) is 2.97. The second kappa shape index (κ2) is 21.7. The maximum Gasteiger partial charge on any atom is 0.309 e. The molecule has 0 aliphatic heterocycles. The molecule has 4 atom stereocenters. The molecule has 2 aromatic rings. The molecule has 2 aromatic carbocycles. The number of hydrogen-bond acceptors (Lipinski definition) is 7. The number of nitrogens with one attached hydrogen (secondary N) is 2. The van der Waals surface area contributed by atoms with Crippen LogP contribution in [0, 0.1) is 38.8 Å². The normalized spacial score (nSPS) is 12.4. The third-order valence-corrected chi connectivity index (χ3v) is 7.56. The Hall–Kier alpha value is -4.04. The number of nitrogens with zero attached hydrogens (tertiary/aromatic N) is 2. The van der Waals surface area contributed by atoms with E-state index in [9.17, 15) is 29.4 Å². The van der Waals surface area contributed by atoms with Crippen molar-refractivity contribution in [3.8, 4) is 0 Å². The van der Waals surface area contributed by atoms with Crippen molar-refractivity contribution < 1.29 is 34.5 Å². The quantitative estimate of drug-likeness (QED) is 0.0885. The molecular weight excluding hydrogens is 637 g/mol. The smallest absolute Gasteiger partial charge is 0.309 e. The van der Waals surface area contributed by atoms with Gasteiger partial charge in [0.1, 0.15) is 5.78 Å². The van der Waals surface area contributed by atoms with Crippen LogP contribution in [0.1, 0.15) is 57.4 Å². The van der Waals surface area contributed by atoms with Gasteiger partial charge in [-0.15, -0.1) is 0 Å². The van der Waals surface area contributed by atoms with Gasteiger partial charge >= 0.3 is 5.97 Å². The van der Waals surface area contributed by atoms with Gasteiger partial charge in [-0.2, -0.15) is 0 Å². The van der Waals surface area contributed by atoms with Gasteiger partial charge in [-0.05, 0) is 69.7 Å². The van der Waals surface area contributed by atoms with Crippen molar-refractivity contribution in [1.82, 2.24) is 10.7 Å². The third kappa shape index (κ3) is 14.4. The van der Waals surface area contributed by atoms with E-state index in [1.807, 2.05) is 5.43 Å². The Balaban J connectivity index is 0. The van der Waals surface area contributed by atoms with Gasteiger partial charge < -0.3 is 20.6 Å². The third-order valence-electron chi connectivity index (χ3n) is 6.61. The monoisotopic (exact) mass is 679 g/mol. The summed E-state index contributed by atoms with van der Waals surface area (Å²) in [5.41, 5.74) is 5.54. The van der Waals surface area contributed by atoms with Crippen molar-refractivity contribution in [3.05, 3.63) is 79.4 Å². The zero-order valence-electron chi connectivity index (χ0n) is 25.9. The molecule has 2 rings (SSSR count). The van der Waals surface area contributed by atoms with Crippen molar-refractivity contribution >= 4 is 58.1 Å². The fourth-order valence-electron chi connectivity index (χ4n) is 3.80. The first kappa shape index (κ1) is 44.1. The van der Waals surface area contributed by atoms with E-state index in [4.69, 9.17) is 41.5 Å². The average molecular weight is 681 g/mol. The largest absolute Gasteiger partial charge is 0.481 e. The maximum atomic E-state index is 12.1. The molecule has 12 nitrogen and oxygen atoms in total. The van der Waals surface area contributed by atoms with Crippen LogP contribution in [0.25, 0.3) is 9.69 Å². The number of aliphatic hydroxyl groups excluding tert-OH is 2. The van der Waals surface area contributed by atoms with Crippen molar-refractivity contribution in [2.75, 3.05) is 6.54 Å². The van der Waals surface area contributed by atoms with Crippen LogP contribution in [-0.2, 0) is 32.0 Å². The second-order valence-electron chi connectivity index (χ2n) is 10.2. The van der Waals surface area contributed by atoms with Crippen molar-refractivity contribution in [3.63, 3.8) is 0 Å². The highest BCUT2D eigenvalue weighted by molar-refractivity contribution is 6.34. The molecule has 0 spiro atoms. The summed E-state index contributed by atoms with van der Waals surface area (Å²) >= 11 is 12.1. The highest BCUT2D eigenvalue weighted by Crippen LogP contribution is 2.33. The number of hydrazine groups is 1. The molecule has 0 heterocycles. The number of carbonyl (C=O) groups excluding carboxylic acids is 3. The van der Waals surface area contributed by atoms with Crippen LogP contribution in [0.5, 0.6) is 0 Å². The molecule has 0 radical (unpaired) electrons. The number of amides is 2. The SMILES string of the molecule is C.CC(=O)NN.[C-]#[N+]c1ccc(C[C@@H](C(=O)NCC(C)=O)[C@H](C)O)c(C)c1Cl.[C-]#[N+]c1ccc(C[C@@H](C(=O)O)[C@H](C)O)c(C)c1Cl. The van der Waals surface area contributed by atoms with E-state index >= 15 is 0 Å². The van der Waals surface area contributed by atoms with E-state index < -0.39 is 30.0 Å². The Morgan fingerprint density at radius 2 is 1.22 bits per heavy atom. The molecule has 0 fully saturated rings. The fourth-order valence-corrected chi connectivity index (χ4v) is 4.25. The maximum absolute atomic E-state index is 12.1. The molecule has 0 aliphatic carbocycles. The van der Waals surface area contributed by atoms with E-state index in [2.05, 4.69) is 20.8 Å². The number of rotatable bonds is 10. The molecule has 0 unspecified atom stereocenters. The number of hydrogen-bond donors (Lipinski definition) is 6. The summed E-state index contributed by atoms with van der Waals surface area (Å²) in [5, 5.41) is 31.5. The molecule has 0 saturated carbocycles. The Morgan fingerprint density at radius 1 is 0.848 bits per heavy atom. The fraction of sp³-hybridized carbons (Fsp3) is 0.438. The molecule has 2 amide bonds. The van der Waals surface area contributed by atoms with Crippen LogP contribution in [0.2, 0.25) is 10.0 Å². The predicted octanol–water partition coefficient (Wildman–Crippen LogP) is 4.90. The van der Waals surface area contributed by atoms with E-state index in [-0.39, 0.29) is 44.4 Å². The Bertz CT molecular complexity index is 1450. The summed E-state index contributed by atoms with van der Waals surface area (Å²) < 4.78 is 0. The summed E-state index contributed by atoms with van der Waals surface area (Å²) in [6.07, 6.45) is -1.34. The second-order valence-corrected chi connectivity index (χ2v) is 10.9. The molecule has 46 heavy (non-hydrogen) atoms. The lowest BCUT2D eigenvalue weighted by atomic mass is 9.91. The first-order chi connectivity index (χ1) is 20.9. The van der Waals surface area contributed by atoms with Crippen LogP contribution in [0.4, 0.5) is 11.4 Å². The minimum absolute atomic E-state index is 0. The first-order valence-electron chi connectivity index (χ1n) is 13.6. The van der Waals surface area contributed by atoms with Crippen LogP contribution in [0.15, 0.2) is 24.3 Å². The van der Waals surface area contributed by atoms with Gasteiger partial charge in [-0.1, -0.05) is 54.9 Å². The van der Waals surface area contributed by atoms with Crippen LogP contribution >= 0.6 is 23.2 Å². The van der Waals surface area contributed by atoms with Gasteiger partial charge in [0.25, 0.3) is 0 Å². The standard InChI is InChI=1S/C16H19ClN2O3.C13H14ClNO3.C2H6N2O.CH4/c1-9(20)8-19-16(22)13(11(3)21)7-12-5-6-14(18-4)15(17)10(12)2;1-7-9(4-5-11(15-3)12(7)14)6-10(8(2)16)13(17)18;1-2(5)4-3;/h5-6,11,13,21H,7-8H2,1-3H3,(H,19,22);4-5,8,10,16H,6H2,1-2H3,(H,17,18);3H2,1H3,(H,4,5);1H4/t11-,13+;8-,10+;;/m00../s1. The van der Waals surface area contributed by atoms with E-state index in [0.29, 0.717) is 27.0 Å². The minimum atomic E-state index is -1.05. The van der Waals surface area contributed by atoms with Gasteiger partial charge in [0.15, 0.2) is 0 Å². The number of aliphatic hydroxyl groups is 2. The molecule has 252 valence electrons. The van der Waals surface area contributed by atoms with Crippen molar-refractivity contribution in [1.29, 1.82) is 0 Å². The number of carboxylic acids is 1. The summed E-state index contributed by atoms with van der Waals surface area (Å²) in [7, 11) is 0. The molecule has 14 heteroatoms. The lowest BCUT2D eigenvalue weighted by Gasteiger charge is -2.20. The van der Waals surface area contributed by atoms with Crippen molar-refractivity contribution in [2.45, 2.75) is 74.0 Å². The summed E-state index contributed by atoms with van der Waals surface area (Å²) in [4.78, 5) is 50.2. The lowest BCUT2D eigenvalue weighted by molar-refractivity contribution is -0.145. The molecule has 0 bridgehead atoms. The van der Waals surface area contributed by atoms with E-state index in [0.717, 1.165) is 16.7 Å². The van der Waals surface area contributed by atoms with Gasteiger partial charge in [-0.3, -0.25) is 24.6 Å². The minimum Gasteiger partial charge on any atom is -0.481 e.